The first-order chi connectivity index (χ1) is 22.4. The molecule has 252 valence electrons. The number of rotatable bonds is 11. The van der Waals surface area contributed by atoms with Crippen LogP contribution in [0, 0.1) is 17.5 Å². The minimum atomic E-state index is -3.50. The van der Waals surface area contributed by atoms with Gasteiger partial charge in [0.25, 0.3) is 0 Å². The Hall–Kier alpha value is -3.94. The number of ether oxygens (including phenoxy) is 1. The predicted molar refractivity (Wildman–Crippen MR) is 172 cm³/mol. The minimum Gasteiger partial charge on any atom is -0.453 e. The van der Waals surface area contributed by atoms with Crippen molar-refractivity contribution in [3.05, 3.63) is 101 Å². The van der Waals surface area contributed by atoms with Crippen molar-refractivity contribution in [2.24, 2.45) is 0 Å². The Bertz CT molecular complexity index is 1680. The van der Waals surface area contributed by atoms with Gasteiger partial charge in [-0.05, 0) is 80.1 Å². The zero-order valence-electron chi connectivity index (χ0n) is 26.5. The quantitative estimate of drug-likeness (QED) is 0.296. The highest BCUT2D eigenvalue weighted by molar-refractivity contribution is 7.90. The molecule has 1 saturated carbocycles. The van der Waals surface area contributed by atoms with Crippen molar-refractivity contribution in [1.82, 2.24) is 14.5 Å². The number of nitrogens with one attached hydrogen (secondary N) is 2. The number of hydrogen-bond acceptors (Lipinski definition) is 6. The van der Waals surface area contributed by atoms with Gasteiger partial charge in [-0.2, -0.15) is 4.31 Å². The first kappa shape index (κ1) is 34.4. The second-order valence-corrected chi connectivity index (χ2v) is 14.3. The number of piperazine rings is 1. The fraction of sp³-hybridized carbons (Fsp3) is 0.412. The summed E-state index contributed by atoms with van der Waals surface area (Å²) in [4.78, 5) is 28.1. The largest absolute Gasteiger partial charge is 0.453 e. The van der Waals surface area contributed by atoms with Crippen LogP contribution in [0.4, 0.5) is 23.7 Å². The molecule has 1 saturated heterocycles. The number of methoxy groups -OCH3 is 1. The van der Waals surface area contributed by atoms with Crippen molar-refractivity contribution in [1.29, 1.82) is 0 Å². The molecule has 2 fully saturated rings. The van der Waals surface area contributed by atoms with Gasteiger partial charge in [-0.25, -0.2) is 26.4 Å². The average Bonchev–Trinajstić information content (AvgIpc) is 3.89. The number of sulfonamides is 1. The Kier molecular flexibility index (Phi) is 10.6. The molecule has 5 rings (SSSR count). The Balaban J connectivity index is 1.48. The van der Waals surface area contributed by atoms with E-state index in [1.165, 1.54) is 61.6 Å². The number of likely N-dealkylation sites (N-methyl/N-ethyl adjacent to an activating group) is 1. The van der Waals surface area contributed by atoms with Crippen LogP contribution < -0.4 is 10.6 Å². The maximum absolute atomic E-state index is 15.5. The van der Waals surface area contributed by atoms with Crippen molar-refractivity contribution < 1.29 is 35.9 Å². The van der Waals surface area contributed by atoms with Crippen molar-refractivity contribution in [2.45, 2.75) is 61.9 Å². The van der Waals surface area contributed by atoms with E-state index in [1.807, 2.05) is 6.92 Å². The Morgan fingerprint density at radius 3 is 2.19 bits per heavy atom. The van der Waals surface area contributed by atoms with E-state index in [2.05, 4.69) is 10.6 Å². The van der Waals surface area contributed by atoms with Crippen molar-refractivity contribution in [3.8, 4) is 0 Å². The summed E-state index contributed by atoms with van der Waals surface area (Å²) < 4.78 is 77.5. The van der Waals surface area contributed by atoms with Crippen LogP contribution in [0.1, 0.15) is 48.8 Å². The summed E-state index contributed by atoms with van der Waals surface area (Å²) in [6.07, 6.45) is 0.768. The molecule has 47 heavy (non-hydrogen) atoms. The zero-order valence-corrected chi connectivity index (χ0v) is 27.3. The van der Waals surface area contributed by atoms with Crippen LogP contribution in [0.5, 0.6) is 0 Å². The lowest BCUT2D eigenvalue weighted by Crippen LogP contribution is -2.59. The average molecular weight is 673 g/mol. The van der Waals surface area contributed by atoms with E-state index in [4.69, 9.17) is 4.74 Å². The highest BCUT2D eigenvalue weighted by atomic mass is 32.2. The first-order valence-corrected chi connectivity index (χ1v) is 17.1. The molecule has 3 unspecified atom stereocenters. The lowest BCUT2D eigenvalue weighted by molar-refractivity contribution is -0.120. The van der Waals surface area contributed by atoms with Crippen molar-refractivity contribution in [2.75, 3.05) is 32.6 Å². The van der Waals surface area contributed by atoms with Gasteiger partial charge in [-0.3, -0.25) is 9.69 Å². The van der Waals surface area contributed by atoms with Gasteiger partial charge in [-0.15, -0.1) is 0 Å². The fourth-order valence-corrected chi connectivity index (χ4v) is 8.69. The van der Waals surface area contributed by atoms with Crippen LogP contribution in [-0.4, -0.2) is 80.2 Å². The highest BCUT2D eigenvalue weighted by Gasteiger charge is 2.46. The van der Waals surface area contributed by atoms with Gasteiger partial charge in [-0.1, -0.05) is 30.3 Å². The Morgan fingerprint density at radius 2 is 1.62 bits per heavy atom. The normalized spacial score (nSPS) is 19.3. The summed E-state index contributed by atoms with van der Waals surface area (Å²) in [5.74, 6) is -3.60. The fourth-order valence-electron chi connectivity index (χ4n) is 6.44. The molecule has 1 aliphatic heterocycles. The maximum atomic E-state index is 15.5. The van der Waals surface area contributed by atoms with E-state index in [0.717, 1.165) is 12.0 Å². The number of benzene rings is 3. The molecular weight excluding hydrogens is 633 g/mol. The van der Waals surface area contributed by atoms with Crippen LogP contribution in [0.3, 0.4) is 0 Å². The number of hydrogen-bond donors (Lipinski definition) is 2. The third-order valence-electron chi connectivity index (χ3n) is 8.84. The summed E-state index contributed by atoms with van der Waals surface area (Å²) in [5, 5.41) is 5.64. The molecule has 0 spiro atoms. The summed E-state index contributed by atoms with van der Waals surface area (Å²) in [6, 6.07) is 13.0. The van der Waals surface area contributed by atoms with Crippen LogP contribution in [0.15, 0.2) is 66.7 Å². The van der Waals surface area contributed by atoms with E-state index < -0.39 is 57.5 Å². The number of carbonyl (C=O) groups is 2. The molecule has 1 heterocycles. The first-order valence-electron chi connectivity index (χ1n) is 15.5. The van der Waals surface area contributed by atoms with Gasteiger partial charge in [0.1, 0.15) is 23.5 Å². The van der Waals surface area contributed by atoms with E-state index in [9.17, 15) is 26.8 Å². The van der Waals surface area contributed by atoms with Gasteiger partial charge < -0.3 is 15.4 Å². The molecule has 1 aliphatic carbocycles. The molecule has 0 aromatic heterocycles. The molecule has 13 heteroatoms. The predicted octanol–water partition coefficient (Wildman–Crippen LogP) is 5.03. The summed E-state index contributed by atoms with van der Waals surface area (Å²) in [7, 11) is -1.03. The smallest absolute Gasteiger partial charge is 0.409 e. The number of carbonyl (C=O) groups excluding carboxylic acids is 2. The Morgan fingerprint density at radius 1 is 1.00 bits per heavy atom. The molecule has 0 bridgehead atoms. The lowest BCUT2D eigenvalue weighted by atomic mass is 9.83. The summed E-state index contributed by atoms with van der Waals surface area (Å²) >= 11 is 0. The van der Waals surface area contributed by atoms with Gasteiger partial charge in [0.15, 0.2) is 0 Å². The lowest BCUT2D eigenvalue weighted by Gasteiger charge is -2.40. The molecule has 3 aromatic carbocycles. The number of halogens is 3. The second kappa shape index (κ2) is 14.4. The summed E-state index contributed by atoms with van der Waals surface area (Å²) in [6.45, 7) is 2.76. The van der Waals surface area contributed by atoms with Crippen molar-refractivity contribution in [3.63, 3.8) is 0 Å². The van der Waals surface area contributed by atoms with Crippen LogP contribution >= 0.6 is 0 Å². The van der Waals surface area contributed by atoms with Gasteiger partial charge >= 0.3 is 6.09 Å². The van der Waals surface area contributed by atoms with Gasteiger partial charge in [0.2, 0.25) is 15.9 Å². The third-order valence-corrected chi connectivity index (χ3v) is 11.4. The van der Waals surface area contributed by atoms with Crippen LogP contribution in [-0.2, 0) is 26.0 Å². The molecule has 2 aliphatic rings. The number of anilines is 1. The minimum absolute atomic E-state index is 0.104. The second-order valence-electron chi connectivity index (χ2n) is 12.1. The highest BCUT2D eigenvalue weighted by Crippen LogP contribution is 2.36. The molecule has 0 radical (unpaired) electrons. The SMILES string of the molecule is COC(=O)N(C)C(C(=O)Nc1cccc(F)c1CCC1CNCC(C)N1S(=O)(=O)C1CC1)C(c1cccc(F)c1)c1cccc(F)c1. The molecule has 9 nitrogen and oxygen atoms in total. The third kappa shape index (κ3) is 7.63. The molecule has 3 atom stereocenters. The number of nitrogens with zero attached hydrogens (tertiary/aromatic N) is 2. The van der Waals surface area contributed by atoms with E-state index >= 15 is 4.39 Å². The summed E-state index contributed by atoms with van der Waals surface area (Å²) in [5.41, 5.74) is 0.878. The van der Waals surface area contributed by atoms with Gasteiger partial charge in [0.05, 0.1) is 12.4 Å². The van der Waals surface area contributed by atoms with E-state index in [-0.39, 0.29) is 35.4 Å². The van der Waals surface area contributed by atoms with Crippen molar-refractivity contribution >= 4 is 27.7 Å². The zero-order chi connectivity index (χ0) is 33.9. The molecule has 2 amide bonds. The molecule has 3 aromatic rings. The van der Waals surface area contributed by atoms with E-state index in [1.54, 1.807) is 16.4 Å². The van der Waals surface area contributed by atoms with Crippen LogP contribution in [0.2, 0.25) is 0 Å². The standard InChI is InChI=1S/C34H39F3N4O5S/c1-21-19-38-20-26(41(21)47(44,45)27-14-15-27)13-16-28-29(37)11-6-12-30(28)39-33(42)32(40(2)34(43)46-3)31(22-7-4-9-24(35)17-22)23-8-5-10-25(36)18-23/h4-12,17-18,21,26-27,31-32,38H,13-16,19-20H2,1-3H3,(H,39,42). The topological polar surface area (TPSA) is 108 Å². The van der Waals surface area contributed by atoms with Gasteiger partial charge in [0, 0.05) is 49.4 Å². The number of amides is 2. The van der Waals surface area contributed by atoms with Crippen LogP contribution in [0.25, 0.3) is 0 Å². The Labute approximate surface area is 273 Å². The monoisotopic (exact) mass is 672 g/mol. The van der Waals surface area contributed by atoms with E-state index in [0.29, 0.717) is 37.1 Å². The maximum Gasteiger partial charge on any atom is 0.409 e. The molecule has 2 N–H and O–H groups in total. The molecular formula is C34H39F3N4O5S.